The van der Waals surface area contributed by atoms with E-state index in [0.717, 1.165) is 29.9 Å². The lowest BCUT2D eigenvalue weighted by Crippen LogP contribution is -2.38. The first-order valence-electron chi connectivity index (χ1n) is 6.46. The Balaban J connectivity index is 2.04. The van der Waals surface area contributed by atoms with E-state index >= 15 is 0 Å². The van der Waals surface area contributed by atoms with Gasteiger partial charge >= 0.3 is 0 Å². The first-order valence-corrected chi connectivity index (χ1v) is 6.46. The van der Waals surface area contributed by atoms with Gasteiger partial charge in [-0.05, 0) is 36.2 Å². The molecule has 1 aromatic heterocycles. The molecule has 1 aromatic carbocycles. The van der Waals surface area contributed by atoms with E-state index in [1.54, 1.807) is 7.11 Å². The number of hydrogen-bond acceptors (Lipinski definition) is 3. The van der Waals surface area contributed by atoms with Gasteiger partial charge in [-0.2, -0.15) is 0 Å². The molecule has 3 nitrogen and oxygen atoms in total. The number of ether oxygens (including phenoxy) is 2. The van der Waals surface area contributed by atoms with Crippen LogP contribution in [-0.4, -0.2) is 18.7 Å². The summed E-state index contributed by atoms with van der Waals surface area (Å²) < 4.78 is 10.9. The van der Waals surface area contributed by atoms with Crippen LogP contribution in [0.1, 0.15) is 18.9 Å². The third-order valence-corrected chi connectivity index (χ3v) is 3.79. The largest absolute Gasteiger partial charge is 0.497 e. The van der Waals surface area contributed by atoms with Crippen LogP contribution in [0.3, 0.4) is 0 Å². The number of rotatable bonds is 3. The molecule has 1 atom stereocenters. The Morgan fingerprint density at radius 3 is 2.53 bits per heavy atom. The van der Waals surface area contributed by atoms with Crippen LogP contribution in [0.5, 0.6) is 5.75 Å². The van der Waals surface area contributed by atoms with E-state index in [0.29, 0.717) is 0 Å². The molecular weight excluding hydrogens is 238 g/mol. The van der Waals surface area contributed by atoms with Crippen LogP contribution in [-0.2, 0) is 10.3 Å². The molecule has 0 spiro atoms. The minimum atomic E-state index is -0.191. The Kier molecular flexibility index (Phi) is 2.99. The van der Waals surface area contributed by atoms with E-state index in [1.165, 1.54) is 5.56 Å². The maximum Gasteiger partial charge on any atom is 0.118 e. The quantitative estimate of drug-likeness (QED) is 0.842. The summed E-state index contributed by atoms with van der Waals surface area (Å²) in [6.07, 6.45) is 4.78. The van der Waals surface area contributed by atoms with Crippen molar-refractivity contribution in [1.29, 1.82) is 0 Å². The average Bonchev–Trinajstić information content (AvgIpc) is 2.45. The fourth-order valence-corrected chi connectivity index (χ4v) is 2.46. The normalized spacial score (nSPS) is 21.8. The Morgan fingerprint density at radius 2 is 1.95 bits per heavy atom. The van der Waals surface area contributed by atoms with Crippen molar-refractivity contribution in [3.8, 4) is 16.9 Å². The lowest BCUT2D eigenvalue weighted by molar-refractivity contribution is -0.140. The van der Waals surface area contributed by atoms with Crippen molar-refractivity contribution < 1.29 is 9.47 Å². The van der Waals surface area contributed by atoms with Crippen molar-refractivity contribution in [2.24, 2.45) is 0 Å². The van der Waals surface area contributed by atoms with E-state index in [9.17, 15) is 0 Å². The topological polar surface area (TPSA) is 31.4 Å². The molecule has 0 bridgehead atoms. The molecule has 2 aromatic rings. The molecule has 19 heavy (non-hydrogen) atoms. The highest BCUT2D eigenvalue weighted by Gasteiger charge is 2.37. The molecule has 1 unspecified atom stereocenters. The highest BCUT2D eigenvalue weighted by Crippen LogP contribution is 2.41. The molecule has 1 saturated heterocycles. The van der Waals surface area contributed by atoms with Crippen LogP contribution in [0, 0.1) is 0 Å². The molecule has 98 valence electrons. The van der Waals surface area contributed by atoms with Gasteiger partial charge in [-0.1, -0.05) is 12.1 Å². The predicted molar refractivity (Wildman–Crippen MR) is 74.1 cm³/mol. The van der Waals surface area contributed by atoms with Gasteiger partial charge in [0.05, 0.1) is 19.3 Å². The molecule has 0 saturated carbocycles. The van der Waals surface area contributed by atoms with E-state index in [1.807, 2.05) is 30.6 Å². The Bertz CT molecular complexity index is 574. The summed E-state index contributed by atoms with van der Waals surface area (Å²) in [4.78, 5) is 4.25. The molecule has 1 aliphatic rings. The summed E-state index contributed by atoms with van der Waals surface area (Å²) in [7, 11) is 1.68. The second-order valence-electron chi connectivity index (χ2n) is 4.98. The zero-order valence-electron chi connectivity index (χ0n) is 11.2. The van der Waals surface area contributed by atoms with Gasteiger partial charge in [-0.3, -0.25) is 4.98 Å². The fraction of sp³-hybridized carbons (Fsp3) is 0.312. The van der Waals surface area contributed by atoms with Gasteiger partial charge in [-0.15, -0.1) is 0 Å². The number of pyridine rings is 1. The van der Waals surface area contributed by atoms with Crippen LogP contribution in [0.15, 0.2) is 42.7 Å². The van der Waals surface area contributed by atoms with Crippen LogP contribution >= 0.6 is 0 Å². The molecule has 3 rings (SSSR count). The number of hydrogen-bond donors (Lipinski definition) is 0. The molecule has 0 amide bonds. The van der Waals surface area contributed by atoms with Gasteiger partial charge < -0.3 is 9.47 Å². The highest BCUT2D eigenvalue weighted by molar-refractivity contribution is 5.68. The van der Waals surface area contributed by atoms with E-state index in [2.05, 4.69) is 24.0 Å². The van der Waals surface area contributed by atoms with Crippen LogP contribution in [0.2, 0.25) is 0 Å². The maximum absolute atomic E-state index is 5.75. The fourth-order valence-electron chi connectivity index (χ4n) is 2.46. The zero-order chi connectivity index (χ0) is 13.3. The number of benzene rings is 1. The second-order valence-corrected chi connectivity index (χ2v) is 4.98. The molecule has 3 heteroatoms. The third kappa shape index (κ3) is 2.10. The standard InChI is InChI=1S/C16H17NO2/c1-16(8-10-19-16)15-11-17-9-7-14(15)12-3-5-13(18-2)6-4-12/h3-7,9,11H,8,10H2,1-2H3. The number of aromatic nitrogens is 1. The molecule has 0 N–H and O–H groups in total. The predicted octanol–water partition coefficient (Wildman–Crippen LogP) is 3.39. The first-order chi connectivity index (χ1) is 9.23. The molecule has 1 fully saturated rings. The lowest BCUT2D eigenvalue weighted by atomic mass is 9.84. The SMILES string of the molecule is COc1ccc(-c2ccncc2C2(C)CCO2)cc1. The van der Waals surface area contributed by atoms with Crippen molar-refractivity contribution in [3.05, 3.63) is 48.3 Å². The Labute approximate surface area is 113 Å². The van der Waals surface area contributed by atoms with Gasteiger partial charge in [0.1, 0.15) is 5.75 Å². The van der Waals surface area contributed by atoms with Crippen molar-refractivity contribution in [2.75, 3.05) is 13.7 Å². The van der Waals surface area contributed by atoms with Crippen molar-refractivity contribution in [1.82, 2.24) is 4.98 Å². The third-order valence-electron chi connectivity index (χ3n) is 3.79. The van der Waals surface area contributed by atoms with Crippen molar-refractivity contribution in [2.45, 2.75) is 18.9 Å². The summed E-state index contributed by atoms with van der Waals surface area (Å²) in [5.41, 5.74) is 3.31. The van der Waals surface area contributed by atoms with Crippen LogP contribution < -0.4 is 4.74 Å². The van der Waals surface area contributed by atoms with Gasteiger partial charge in [0.2, 0.25) is 0 Å². The molecule has 0 radical (unpaired) electrons. The monoisotopic (exact) mass is 255 g/mol. The lowest BCUT2D eigenvalue weighted by Gasteiger charge is -2.40. The van der Waals surface area contributed by atoms with E-state index < -0.39 is 0 Å². The number of nitrogens with zero attached hydrogens (tertiary/aromatic N) is 1. The smallest absolute Gasteiger partial charge is 0.118 e. The van der Waals surface area contributed by atoms with Crippen LogP contribution in [0.4, 0.5) is 0 Å². The number of methoxy groups -OCH3 is 1. The summed E-state index contributed by atoms with van der Waals surface area (Å²) in [5, 5.41) is 0. The summed E-state index contributed by atoms with van der Waals surface area (Å²) >= 11 is 0. The summed E-state index contributed by atoms with van der Waals surface area (Å²) in [6.45, 7) is 2.95. The van der Waals surface area contributed by atoms with Gasteiger partial charge in [0.25, 0.3) is 0 Å². The van der Waals surface area contributed by atoms with Crippen LogP contribution in [0.25, 0.3) is 11.1 Å². The van der Waals surface area contributed by atoms with E-state index in [4.69, 9.17) is 9.47 Å². The minimum Gasteiger partial charge on any atom is -0.497 e. The van der Waals surface area contributed by atoms with Crippen molar-refractivity contribution >= 4 is 0 Å². The van der Waals surface area contributed by atoms with E-state index in [-0.39, 0.29) is 5.60 Å². The zero-order valence-corrected chi connectivity index (χ0v) is 11.2. The van der Waals surface area contributed by atoms with Gasteiger partial charge in [0.15, 0.2) is 0 Å². The Hall–Kier alpha value is -1.87. The van der Waals surface area contributed by atoms with Crippen molar-refractivity contribution in [3.63, 3.8) is 0 Å². The van der Waals surface area contributed by atoms with Gasteiger partial charge in [0, 0.05) is 24.4 Å². The maximum atomic E-state index is 5.75. The first kappa shape index (κ1) is 12.2. The van der Waals surface area contributed by atoms with Gasteiger partial charge in [-0.25, -0.2) is 0 Å². The molecule has 2 heterocycles. The molecular formula is C16H17NO2. The molecule has 0 aliphatic carbocycles. The Morgan fingerprint density at radius 1 is 1.21 bits per heavy atom. The second kappa shape index (κ2) is 4.67. The highest BCUT2D eigenvalue weighted by atomic mass is 16.5. The summed E-state index contributed by atoms with van der Waals surface area (Å²) in [6, 6.07) is 10.1. The minimum absolute atomic E-state index is 0.191. The summed E-state index contributed by atoms with van der Waals surface area (Å²) in [5.74, 6) is 0.866. The molecule has 1 aliphatic heterocycles. The average molecular weight is 255 g/mol.